The highest BCUT2D eigenvalue weighted by molar-refractivity contribution is 5.97. The van der Waals surface area contributed by atoms with Gasteiger partial charge >= 0.3 is 5.97 Å². The Morgan fingerprint density at radius 1 is 1.39 bits per heavy atom. The van der Waals surface area contributed by atoms with Crippen molar-refractivity contribution in [1.82, 2.24) is 4.98 Å². The third kappa shape index (κ3) is 2.37. The molecular formula is C12H10FN3O2. The standard InChI is InChI=1S/C12H10FN3O2/c13-7-4-8(6-15-5-7)16-10-3-1-2-9(11(10)14)12(17)18/h1-6,16H,14H2,(H,17,18). The fraction of sp³-hybridized carbons (Fsp3) is 0. The largest absolute Gasteiger partial charge is 0.478 e. The van der Waals surface area contributed by atoms with E-state index in [4.69, 9.17) is 10.8 Å². The predicted molar refractivity (Wildman–Crippen MR) is 65.3 cm³/mol. The minimum Gasteiger partial charge on any atom is -0.478 e. The van der Waals surface area contributed by atoms with Crippen molar-refractivity contribution in [2.75, 3.05) is 11.1 Å². The van der Waals surface area contributed by atoms with Gasteiger partial charge in [0, 0.05) is 6.07 Å². The summed E-state index contributed by atoms with van der Waals surface area (Å²) in [5.41, 5.74) is 6.58. The Bertz CT molecular complexity index is 602. The first-order valence-corrected chi connectivity index (χ1v) is 5.07. The van der Waals surface area contributed by atoms with Crippen LogP contribution in [0.2, 0.25) is 0 Å². The van der Waals surface area contributed by atoms with Crippen molar-refractivity contribution in [2.45, 2.75) is 0 Å². The predicted octanol–water partition coefficient (Wildman–Crippen LogP) is 2.24. The number of nitrogen functional groups attached to an aromatic ring is 1. The molecule has 18 heavy (non-hydrogen) atoms. The van der Waals surface area contributed by atoms with Gasteiger partial charge in [-0.2, -0.15) is 0 Å². The van der Waals surface area contributed by atoms with Crippen LogP contribution in [0.5, 0.6) is 0 Å². The second kappa shape index (κ2) is 4.70. The molecule has 92 valence electrons. The van der Waals surface area contributed by atoms with Gasteiger partial charge in [-0.3, -0.25) is 4.98 Å². The SMILES string of the molecule is Nc1c(Nc2cncc(F)c2)cccc1C(=O)O. The second-order valence-corrected chi connectivity index (χ2v) is 3.59. The number of nitrogens with two attached hydrogens (primary N) is 1. The highest BCUT2D eigenvalue weighted by Gasteiger charge is 2.11. The number of nitrogens with zero attached hydrogens (tertiary/aromatic N) is 1. The number of nitrogens with one attached hydrogen (secondary N) is 1. The zero-order valence-corrected chi connectivity index (χ0v) is 9.22. The Morgan fingerprint density at radius 2 is 2.17 bits per heavy atom. The lowest BCUT2D eigenvalue weighted by Crippen LogP contribution is -2.05. The summed E-state index contributed by atoms with van der Waals surface area (Å²) in [6, 6.07) is 5.79. The molecule has 0 radical (unpaired) electrons. The van der Waals surface area contributed by atoms with Gasteiger partial charge in [0.2, 0.25) is 0 Å². The van der Waals surface area contributed by atoms with E-state index in [9.17, 15) is 9.18 Å². The molecule has 2 aromatic rings. The van der Waals surface area contributed by atoms with Crippen LogP contribution in [-0.2, 0) is 0 Å². The number of aromatic carboxylic acids is 1. The number of pyridine rings is 1. The molecular weight excluding hydrogens is 237 g/mol. The average Bonchev–Trinajstić information content (AvgIpc) is 2.31. The number of anilines is 3. The van der Waals surface area contributed by atoms with Gasteiger partial charge in [0.25, 0.3) is 0 Å². The van der Waals surface area contributed by atoms with Gasteiger partial charge in [-0.25, -0.2) is 9.18 Å². The molecule has 0 aliphatic rings. The number of carbonyl (C=O) groups is 1. The third-order valence-corrected chi connectivity index (χ3v) is 2.32. The highest BCUT2D eigenvalue weighted by atomic mass is 19.1. The molecule has 0 aliphatic carbocycles. The van der Waals surface area contributed by atoms with E-state index >= 15 is 0 Å². The van der Waals surface area contributed by atoms with Crippen molar-refractivity contribution in [3.05, 3.63) is 48.0 Å². The molecule has 4 N–H and O–H groups in total. The van der Waals surface area contributed by atoms with Crippen molar-refractivity contribution in [3.8, 4) is 0 Å². The summed E-state index contributed by atoms with van der Waals surface area (Å²) in [6.45, 7) is 0. The van der Waals surface area contributed by atoms with E-state index in [1.54, 1.807) is 12.1 Å². The zero-order valence-electron chi connectivity index (χ0n) is 9.22. The molecule has 6 heteroatoms. The lowest BCUT2D eigenvalue weighted by molar-refractivity contribution is 0.0698. The van der Waals surface area contributed by atoms with E-state index < -0.39 is 11.8 Å². The van der Waals surface area contributed by atoms with Gasteiger partial charge in [-0.15, -0.1) is 0 Å². The molecule has 0 saturated heterocycles. The molecule has 1 heterocycles. The van der Waals surface area contributed by atoms with Gasteiger partial charge in [0.05, 0.1) is 35.0 Å². The quantitative estimate of drug-likeness (QED) is 0.724. The summed E-state index contributed by atoms with van der Waals surface area (Å²) >= 11 is 0. The van der Waals surface area contributed by atoms with Gasteiger partial charge in [0.15, 0.2) is 0 Å². The number of rotatable bonds is 3. The Balaban J connectivity index is 2.35. The first kappa shape index (κ1) is 11.8. The Kier molecular flexibility index (Phi) is 3.09. The fourth-order valence-corrected chi connectivity index (χ4v) is 1.50. The zero-order chi connectivity index (χ0) is 13.1. The number of hydrogen-bond donors (Lipinski definition) is 3. The average molecular weight is 247 g/mol. The summed E-state index contributed by atoms with van der Waals surface area (Å²) < 4.78 is 13.0. The summed E-state index contributed by atoms with van der Waals surface area (Å²) in [4.78, 5) is 14.6. The van der Waals surface area contributed by atoms with Crippen molar-refractivity contribution in [2.24, 2.45) is 0 Å². The highest BCUT2D eigenvalue weighted by Crippen LogP contribution is 2.26. The normalized spacial score (nSPS) is 10.1. The van der Waals surface area contributed by atoms with Crippen LogP contribution in [0.3, 0.4) is 0 Å². The van der Waals surface area contributed by atoms with E-state index in [0.717, 1.165) is 6.20 Å². The Hall–Kier alpha value is -2.63. The molecule has 0 saturated carbocycles. The molecule has 5 nitrogen and oxygen atoms in total. The minimum absolute atomic E-state index is 0.00985. The molecule has 0 atom stereocenters. The number of hydrogen-bond acceptors (Lipinski definition) is 4. The monoisotopic (exact) mass is 247 g/mol. The Morgan fingerprint density at radius 3 is 2.83 bits per heavy atom. The van der Waals surface area contributed by atoms with Crippen molar-refractivity contribution in [1.29, 1.82) is 0 Å². The van der Waals surface area contributed by atoms with Gasteiger partial charge < -0.3 is 16.2 Å². The molecule has 0 spiro atoms. The maximum absolute atomic E-state index is 13.0. The van der Waals surface area contributed by atoms with Gasteiger partial charge in [-0.05, 0) is 12.1 Å². The van der Waals surface area contributed by atoms with Crippen LogP contribution in [-0.4, -0.2) is 16.1 Å². The lowest BCUT2D eigenvalue weighted by Gasteiger charge is -2.10. The molecule has 1 aromatic heterocycles. The van der Waals surface area contributed by atoms with Crippen LogP contribution in [0.25, 0.3) is 0 Å². The fourth-order valence-electron chi connectivity index (χ4n) is 1.50. The molecule has 0 fully saturated rings. The smallest absolute Gasteiger partial charge is 0.337 e. The number of benzene rings is 1. The number of para-hydroxylation sites is 1. The van der Waals surface area contributed by atoms with Gasteiger partial charge in [0.1, 0.15) is 5.82 Å². The Labute approximate surface area is 102 Å². The summed E-state index contributed by atoms with van der Waals surface area (Å²) in [5, 5.41) is 11.7. The molecule has 2 rings (SSSR count). The first-order valence-electron chi connectivity index (χ1n) is 5.07. The van der Waals surface area contributed by atoms with E-state index in [2.05, 4.69) is 10.3 Å². The van der Waals surface area contributed by atoms with Crippen LogP contribution in [0.1, 0.15) is 10.4 Å². The number of carboxylic acid groups (broad SMARTS) is 1. The van der Waals surface area contributed by atoms with Crippen LogP contribution in [0, 0.1) is 5.82 Å². The van der Waals surface area contributed by atoms with Crippen molar-refractivity contribution < 1.29 is 14.3 Å². The maximum atomic E-state index is 13.0. The van der Waals surface area contributed by atoms with E-state index in [1.165, 1.54) is 18.3 Å². The maximum Gasteiger partial charge on any atom is 0.337 e. The number of carboxylic acids is 1. The number of halogens is 1. The van der Waals surface area contributed by atoms with E-state index in [1.807, 2.05) is 0 Å². The van der Waals surface area contributed by atoms with Crippen LogP contribution in [0.15, 0.2) is 36.7 Å². The lowest BCUT2D eigenvalue weighted by atomic mass is 10.1. The minimum atomic E-state index is -1.12. The summed E-state index contributed by atoms with van der Waals surface area (Å²) in [7, 11) is 0. The third-order valence-electron chi connectivity index (χ3n) is 2.32. The number of aromatic nitrogens is 1. The second-order valence-electron chi connectivity index (χ2n) is 3.59. The molecule has 1 aromatic carbocycles. The molecule has 0 aliphatic heterocycles. The molecule has 0 amide bonds. The van der Waals surface area contributed by atoms with Gasteiger partial charge in [-0.1, -0.05) is 6.07 Å². The van der Waals surface area contributed by atoms with E-state index in [0.29, 0.717) is 11.4 Å². The van der Waals surface area contributed by atoms with Crippen molar-refractivity contribution in [3.63, 3.8) is 0 Å². The summed E-state index contributed by atoms with van der Waals surface area (Å²) in [5.74, 6) is -1.61. The van der Waals surface area contributed by atoms with Crippen LogP contribution < -0.4 is 11.1 Å². The van der Waals surface area contributed by atoms with Crippen LogP contribution in [0.4, 0.5) is 21.5 Å². The topological polar surface area (TPSA) is 88.2 Å². The first-order chi connectivity index (χ1) is 8.58. The summed E-state index contributed by atoms with van der Waals surface area (Å²) in [6.07, 6.45) is 2.48. The van der Waals surface area contributed by atoms with Crippen LogP contribution >= 0.6 is 0 Å². The van der Waals surface area contributed by atoms with Crippen molar-refractivity contribution >= 4 is 23.0 Å². The molecule has 0 bridgehead atoms. The molecule has 0 unspecified atom stereocenters. The van der Waals surface area contributed by atoms with E-state index in [-0.39, 0.29) is 11.3 Å².